The summed E-state index contributed by atoms with van der Waals surface area (Å²) in [6.45, 7) is 4.40. The number of rotatable bonds is 7. The van der Waals surface area contributed by atoms with Crippen LogP contribution in [0.5, 0.6) is 0 Å². The summed E-state index contributed by atoms with van der Waals surface area (Å²) in [6, 6.07) is 12.0. The van der Waals surface area contributed by atoms with Gasteiger partial charge in [-0.3, -0.25) is 0 Å². The molecule has 2 amide bonds. The fourth-order valence-electron chi connectivity index (χ4n) is 2.23. The molecule has 5 heteroatoms. The van der Waals surface area contributed by atoms with Crippen molar-refractivity contribution < 1.29 is 9.53 Å². The van der Waals surface area contributed by atoms with Crippen LogP contribution in [-0.4, -0.2) is 24.6 Å². The lowest BCUT2D eigenvalue weighted by atomic mass is 10.1. The van der Waals surface area contributed by atoms with Gasteiger partial charge in [-0.1, -0.05) is 30.3 Å². The monoisotopic (exact) mass is 318 g/mol. The summed E-state index contributed by atoms with van der Waals surface area (Å²) >= 11 is 1.67. The fourth-order valence-corrected chi connectivity index (χ4v) is 2.95. The van der Waals surface area contributed by atoms with Crippen LogP contribution in [0.1, 0.15) is 22.9 Å². The second-order valence-corrected chi connectivity index (χ2v) is 5.99. The quantitative estimate of drug-likeness (QED) is 0.847. The molecule has 0 aliphatic heterocycles. The van der Waals surface area contributed by atoms with Gasteiger partial charge < -0.3 is 15.0 Å². The number of nitrogens with zero attached hydrogens (tertiary/aromatic N) is 1. The molecule has 0 bridgehead atoms. The normalized spacial score (nSPS) is 10.5. The molecule has 4 nitrogen and oxygen atoms in total. The Labute approximate surface area is 135 Å². The first-order valence-corrected chi connectivity index (χ1v) is 8.23. The van der Waals surface area contributed by atoms with Crippen LogP contribution < -0.4 is 5.32 Å². The summed E-state index contributed by atoms with van der Waals surface area (Å²) in [6.07, 6.45) is 0. The van der Waals surface area contributed by atoms with E-state index in [1.165, 1.54) is 4.88 Å². The van der Waals surface area contributed by atoms with E-state index in [4.69, 9.17) is 4.74 Å². The first kappa shape index (κ1) is 16.5. The Morgan fingerprint density at radius 2 is 2.00 bits per heavy atom. The number of carbonyl (C=O) groups is 1. The number of amides is 2. The molecule has 0 saturated heterocycles. The maximum atomic E-state index is 12.3. The standard InChI is InChI=1S/C17H22N2O2S/c1-3-19(12-16-9-6-10-22-16)17(20)18-11-14-7-4-5-8-15(14)13-21-2/h4-10H,3,11-13H2,1-2H3,(H,18,20). The zero-order chi connectivity index (χ0) is 15.8. The number of hydrogen-bond donors (Lipinski definition) is 1. The molecular formula is C17H22N2O2S. The molecule has 0 saturated carbocycles. The lowest BCUT2D eigenvalue weighted by molar-refractivity contribution is 0.183. The molecule has 1 heterocycles. The van der Waals surface area contributed by atoms with E-state index in [1.807, 2.05) is 47.5 Å². The zero-order valence-corrected chi connectivity index (χ0v) is 13.9. The highest BCUT2D eigenvalue weighted by Gasteiger charge is 2.12. The predicted molar refractivity (Wildman–Crippen MR) is 89.8 cm³/mol. The molecule has 0 atom stereocenters. The maximum absolute atomic E-state index is 12.3. The Balaban J connectivity index is 1.93. The van der Waals surface area contributed by atoms with Crippen LogP contribution in [0.4, 0.5) is 4.79 Å². The van der Waals surface area contributed by atoms with E-state index in [1.54, 1.807) is 18.4 Å². The van der Waals surface area contributed by atoms with Crippen LogP contribution in [0.3, 0.4) is 0 Å². The minimum absolute atomic E-state index is 0.0388. The van der Waals surface area contributed by atoms with Crippen LogP contribution in [0.25, 0.3) is 0 Å². The van der Waals surface area contributed by atoms with E-state index < -0.39 is 0 Å². The van der Waals surface area contributed by atoms with Crippen molar-refractivity contribution in [1.82, 2.24) is 10.2 Å². The highest BCUT2D eigenvalue weighted by atomic mass is 32.1. The van der Waals surface area contributed by atoms with Crippen LogP contribution in [0.2, 0.25) is 0 Å². The van der Waals surface area contributed by atoms with Gasteiger partial charge in [-0.15, -0.1) is 11.3 Å². The first-order valence-electron chi connectivity index (χ1n) is 7.35. The van der Waals surface area contributed by atoms with Crippen LogP contribution >= 0.6 is 11.3 Å². The molecule has 2 aromatic rings. The molecule has 0 spiro atoms. The fraction of sp³-hybridized carbons (Fsp3) is 0.353. The molecule has 2 rings (SSSR count). The number of hydrogen-bond acceptors (Lipinski definition) is 3. The molecule has 0 unspecified atom stereocenters. The second kappa shape index (κ2) is 8.56. The smallest absolute Gasteiger partial charge is 0.317 e. The van der Waals surface area contributed by atoms with E-state index in [9.17, 15) is 4.79 Å². The third kappa shape index (κ3) is 4.58. The SMILES string of the molecule is CCN(Cc1cccs1)C(=O)NCc1ccccc1COC. The minimum atomic E-state index is -0.0388. The lowest BCUT2D eigenvalue weighted by Gasteiger charge is -2.21. The average Bonchev–Trinajstić information content (AvgIpc) is 3.05. The molecule has 1 aromatic heterocycles. The molecule has 0 aliphatic rings. The van der Waals surface area contributed by atoms with Gasteiger partial charge in [0.25, 0.3) is 0 Å². The molecule has 0 aliphatic carbocycles. The number of ether oxygens (including phenoxy) is 1. The summed E-state index contributed by atoms with van der Waals surface area (Å²) in [4.78, 5) is 15.3. The van der Waals surface area contributed by atoms with Crippen molar-refractivity contribution >= 4 is 17.4 Å². The van der Waals surface area contributed by atoms with Crippen molar-refractivity contribution in [2.24, 2.45) is 0 Å². The van der Waals surface area contributed by atoms with Crippen LogP contribution in [0.15, 0.2) is 41.8 Å². The molecule has 1 aromatic carbocycles. The van der Waals surface area contributed by atoms with Crippen molar-refractivity contribution in [3.63, 3.8) is 0 Å². The highest BCUT2D eigenvalue weighted by molar-refractivity contribution is 7.09. The van der Waals surface area contributed by atoms with Crippen molar-refractivity contribution in [1.29, 1.82) is 0 Å². The zero-order valence-electron chi connectivity index (χ0n) is 13.0. The Kier molecular flexibility index (Phi) is 6.43. The summed E-state index contributed by atoms with van der Waals surface area (Å²) in [5.74, 6) is 0. The van der Waals surface area contributed by atoms with Gasteiger partial charge in [-0.25, -0.2) is 4.79 Å². The van der Waals surface area contributed by atoms with Gasteiger partial charge >= 0.3 is 6.03 Å². The van der Waals surface area contributed by atoms with Gasteiger partial charge in [0.2, 0.25) is 0 Å². The molecule has 22 heavy (non-hydrogen) atoms. The Bertz CT molecular complexity index is 584. The predicted octanol–water partition coefficient (Wildman–Crippen LogP) is 3.63. The third-order valence-electron chi connectivity index (χ3n) is 3.44. The van der Waals surface area contributed by atoms with E-state index in [0.717, 1.165) is 11.1 Å². The summed E-state index contributed by atoms with van der Waals surface area (Å²) in [7, 11) is 1.68. The van der Waals surface area contributed by atoms with E-state index in [0.29, 0.717) is 26.2 Å². The lowest BCUT2D eigenvalue weighted by Crippen LogP contribution is -2.39. The molecule has 0 radical (unpaired) electrons. The van der Waals surface area contributed by atoms with Gasteiger partial charge in [0.15, 0.2) is 0 Å². The van der Waals surface area contributed by atoms with E-state index in [2.05, 4.69) is 11.4 Å². The molecule has 118 valence electrons. The Hall–Kier alpha value is -1.85. The van der Waals surface area contributed by atoms with Gasteiger partial charge in [-0.05, 0) is 29.5 Å². The third-order valence-corrected chi connectivity index (χ3v) is 4.31. The van der Waals surface area contributed by atoms with Crippen molar-refractivity contribution in [3.8, 4) is 0 Å². The van der Waals surface area contributed by atoms with Gasteiger partial charge in [0.05, 0.1) is 13.2 Å². The maximum Gasteiger partial charge on any atom is 0.317 e. The Morgan fingerprint density at radius 1 is 1.23 bits per heavy atom. The van der Waals surface area contributed by atoms with Crippen molar-refractivity contribution in [3.05, 3.63) is 57.8 Å². The Morgan fingerprint density at radius 3 is 2.64 bits per heavy atom. The van der Waals surface area contributed by atoms with E-state index in [-0.39, 0.29) is 6.03 Å². The first-order chi connectivity index (χ1) is 10.7. The number of urea groups is 1. The minimum Gasteiger partial charge on any atom is -0.380 e. The van der Waals surface area contributed by atoms with Gasteiger partial charge in [-0.2, -0.15) is 0 Å². The molecule has 0 fully saturated rings. The molecular weight excluding hydrogens is 296 g/mol. The average molecular weight is 318 g/mol. The summed E-state index contributed by atoms with van der Waals surface area (Å²) in [5.41, 5.74) is 2.19. The van der Waals surface area contributed by atoms with Crippen LogP contribution in [-0.2, 0) is 24.4 Å². The topological polar surface area (TPSA) is 41.6 Å². The van der Waals surface area contributed by atoms with Gasteiger partial charge in [0, 0.05) is 25.1 Å². The largest absolute Gasteiger partial charge is 0.380 e. The van der Waals surface area contributed by atoms with E-state index >= 15 is 0 Å². The summed E-state index contributed by atoms with van der Waals surface area (Å²) in [5, 5.41) is 5.03. The van der Waals surface area contributed by atoms with Crippen LogP contribution in [0, 0.1) is 0 Å². The summed E-state index contributed by atoms with van der Waals surface area (Å²) < 4.78 is 5.19. The number of thiophene rings is 1. The second-order valence-electron chi connectivity index (χ2n) is 4.95. The van der Waals surface area contributed by atoms with Gasteiger partial charge in [0.1, 0.15) is 0 Å². The number of nitrogens with one attached hydrogen (secondary N) is 1. The number of benzene rings is 1. The number of methoxy groups -OCH3 is 1. The highest BCUT2D eigenvalue weighted by Crippen LogP contribution is 2.13. The van der Waals surface area contributed by atoms with Crippen molar-refractivity contribution in [2.45, 2.75) is 26.6 Å². The number of carbonyl (C=O) groups excluding carboxylic acids is 1. The molecule has 1 N–H and O–H groups in total. The van der Waals surface area contributed by atoms with Crippen molar-refractivity contribution in [2.75, 3.05) is 13.7 Å².